The van der Waals surface area contributed by atoms with Crippen molar-refractivity contribution in [3.63, 3.8) is 0 Å². The van der Waals surface area contributed by atoms with Crippen LogP contribution in [0.2, 0.25) is 0 Å². The van der Waals surface area contributed by atoms with Gasteiger partial charge in [0, 0.05) is 12.8 Å². The highest BCUT2D eigenvalue weighted by molar-refractivity contribution is 5.77. The van der Waals surface area contributed by atoms with Gasteiger partial charge in [-0.15, -0.1) is 0 Å². The van der Waals surface area contributed by atoms with E-state index in [0.29, 0.717) is 35.1 Å². The van der Waals surface area contributed by atoms with E-state index in [1.54, 1.807) is 25.1 Å². The van der Waals surface area contributed by atoms with E-state index >= 15 is 0 Å². The van der Waals surface area contributed by atoms with Crippen molar-refractivity contribution in [1.29, 1.82) is 0 Å². The zero-order chi connectivity index (χ0) is 20.1. The third-order valence-corrected chi connectivity index (χ3v) is 4.58. The van der Waals surface area contributed by atoms with Crippen LogP contribution in [0.15, 0.2) is 53.3 Å². The lowest BCUT2D eigenvalue weighted by molar-refractivity contribution is -0.122. The molecular formula is C21H22FN3O3. The number of halogens is 1. The second-order valence-electron chi connectivity index (χ2n) is 6.94. The van der Waals surface area contributed by atoms with Gasteiger partial charge in [0.1, 0.15) is 17.2 Å². The number of hydrogen-bond acceptors (Lipinski definition) is 4. The van der Waals surface area contributed by atoms with Gasteiger partial charge < -0.3 is 15.4 Å². The van der Waals surface area contributed by atoms with Gasteiger partial charge in [0.25, 0.3) is 5.56 Å². The van der Waals surface area contributed by atoms with E-state index in [4.69, 9.17) is 0 Å². The molecule has 0 spiro atoms. The fraction of sp³-hybridized carbons (Fsp3) is 0.286. The molecule has 0 bridgehead atoms. The third-order valence-electron chi connectivity index (χ3n) is 4.58. The summed E-state index contributed by atoms with van der Waals surface area (Å²) >= 11 is 0. The fourth-order valence-corrected chi connectivity index (χ4v) is 2.94. The molecule has 146 valence electrons. The van der Waals surface area contributed by atoms with Gasteiger partial charge in [0.2, 0.25) is 5.91 Å². The first-order valence-corrected chi connectivity index (χ1v) is 9.08. The molecule has 7 heteroatoms. The number of amides is 1. The Morgan fingerprint density at radius 1 is 1.21 bits per heavy atom. The number of hydrogen-bond donors (Lipinski definition) is 3. The minimum atomic E-state index is -1.30. The van der Waals surface area contributed by atoms with Crippen molar-refractivity contribution in [3.8, 4) is 0 Å². The van der Waals surface area contributed by atoms with E-state index in [-0.39, 0.29) is 30.2 Å². The maximum absolute atomic E-state index is 13.0. The summed E-state index contributed by atoms with van der Waals surface area (Å²) in [5, 5.41) is 13.7. The van der Waals surface area contributed by atoms with Gasteiger partial charge in [-0.25, -0.2) is 9.37 Å². The standard InChI is InChI=1S/C21H22FN3O3/c1-21(28,14-9-11-15(22)12-10-14)13-23-19(26)8-4-7-18-24-17-6-3-2-5-16(17)20(27)25-18/h2-3,5-6,9-12,28H,4,7-8,13H2,1H3,(H,23,26)(H,24,25,27). The Morgan fingerprint density at radius 2 is 1.93 bits per heavy atom. The summed E-state index contributed by atoms with van der Waals surface area (Å²) in [6, 6.07) is 12.6. The fourth-order valence-electron chi connectivity index (χ4n) is 2.94. The number of aromatic amines is 1. The maximum Gasteiger partial charge on any atom is 0.258 e. The molecule has 1 aromatic heterocycles. The Labute approximate surface area is 161 Å². The summed E-state index contributed by atoms with van der Waals surface area (Å²) in [6.45, 7) is 1.58. The molecule has 1 atom stereocenters. The van der Waals surface area contributed by atoms with Crippen LogP contribution in [0.4, 0.5) is 4.39 Å². The number of H-pyrrole nitrogens is 1. The average molecular weight is 383 g/mol. The van der Waals surface area contributed by atoms with Gasteiger partial charge in [0.05, 0.1) is 17.4 Å². The zero-order valence-corrected chi connectivity index (χ0v) is 15.5. The molecule has 6 nitrogen and oxygen atoms in total. The van der Waals surface area contributed by atoms with Crippen molar-refractivity contribution >= 4 is 16.8 Å². The Bertz CT molecular complexity index is 1030. The lowest BCUT2D eigenvalue weighted by atomic mass is 9.96. The van der Waals surface area contributed by atoms with E-state index < -0.39 is 5.60 Å². The molecule has 2 aromatic carbocycles. The molecule has 3 N–H and O–H groups in total. The first-order valence-electron chi connectivity index (χ1n) is 9.08. The quantitative estimate of drug-likeness (QED) is 0.584. The number of para-hydroxylation sites is 1. The highest BCUT2D eigenvalue weighted by Gasteiger charge is 2.23. The summed E-state index contributed by atoms with van der Waals surface area (Å²) in [5.41, 5.74) is -0.345. The lowest BCUT2D eigenvalue weighted by Crippen LogP contribution is -2.38. The summed E-state index contributed by atoms with van der Waals surface area (Å²) in [5.74, 6) is -0.0655. The Hall–Kier alpha value is -3.06. The largest absolute Gasteiger partial charge is 0.384 e. The van der Waals surface area contributed by atoms with Crippen molar-refractivity contribution in [3.05, 3.63) is 76.1 Å². The highest BCUT2D eigenvalue weighted by Crippen LogP contribution is 2.20. The number of aliphatic hydroxyl groups is 1. The van der Waals surface area contributed by atoms with Crippen molar-refractivity contribution in [2.75, 3.05) is 6.54 Å². The lowest BCUT2D eigenvalue weighted by Gasteiger charge is -2.24. The first-order chi connectivity index (χ1) is 13.3. The van der Waals surface area contributed by atoms with E-state index in [2.05, 4.69) is 15.3 Å². The van der Waals surface area contributed by atoms with Crippen LogP contribution < -0.4 is 10.9 Å². The monoisotopic (exact) mass is 383 g/mol. The van der Waals surface area contributed by atoms with Crippen LogP contribution in [0.3, 0.4) is 0 Å². The first kappa shape index (κ1) is 19.7. The van der Waals surface area contributed by atoms with Crippen molar-refractivity contribution in [2.24, 2.45) is 0 Å². The molecule has 0 saturated carbocycles. The van der Waals surface area contributed by atoms with Crippen LogP contribution in [0.25, 0.3) is 10.9 Å². The second-order valence-corrected chi connectivity index (χ2v) is 6.94. The van der Waals surface area contributed by atoms with Crippen LogP contribution in [0, 0.1) is 5.82 Å². The van der Waals surface area contributed by atoms with Crippen molar-refractivity contribution in [2.45, 2.75) is 31.8 Å². The molecule has 3 rings (SSSR count). The smallest absolute Gasteiger partial charge is 0.258 e. The van der Waals surface area contributed by atoms with Gasteiger partial charge in [-0.1, -0.05) is 24.3 Å². The van der Waals surface area contributed by atoms with Gasteiger partial charge >= 0.3 is 0 Å². The zero-order valence-electron chi connectivity index (χ0n) is 15.5. The molecule has 0 saturated heterocycles. The van der Waals surface area contributed by atoms with Crippen molar-refractivity contribution < 1.29 is 14.3 Å². The normalized spacial score (nSPS) is 13.2. The molecule has 0 aliphatic rings. The van der Waals surface area contributed by atoms with Crippen LogP contribution in [-0.2, 0) is 16.8 Å². The number of nitrogens with one attached hydrogen (secondary N) is 2. The molecule has 1 heterocycles. The minimum absolute atomic E-state index is 0.0164. The Morgan fingerprint density at radius 3 is 2.68 bits per heavy atom. The number of carbonyl (C=O) groups excluding carboxylic acids is 1. The number of benzene rings is 2. The number of aryl methyl sites for hydroxylation is 1. The van der Waals surface area contributed by atoms with Crippen LogP contribution in [-0.4, -0.2) is 27.5 Å². The third kappa shape index (κ3) is 4.80. The number of nitrogens with zero attached hydrogens (tertiary/aromatic N) is 1. The van der Waals surface area contributed by atoms with Crippen LogP contribution in [0.1, 0.15) is 31.2 Å². The summed E-state index contributed by atoms with van der Waals surface area (Å²) in [7, 11) is 0. The summed E-state index contributed by atoms with van der Waals surface area (Å²) in [4.78, 5) is 31.3. The number of rotatable bonds is 7. The molecule has 28 heavy (non-hydrogen) atoms. The van der Waals surface area contributed by atoms with Crippen LogP contribution >= 0.6 is 0 Å². The maximum atomic E-state index is 13.0. The van der Waals surface area contributed by atoms with Crippen molar-refractivity contribution in [1.82, 2.24) is 15.3 Å². The molecule has 0 radical (unpaired) electrons. The van der Waals surface area contributed by atoms with E-state index in [0.717, 1.165) is 0 Å². The Kier molecular flexibility index (Phi) is 5.84. The van der Waals surface area contributed by atoms with Crippen LogP contribution in [0.5, 0.6) is 0 Å². The van der Waals surface area contributed by atoms with Gasteiger partial charge in [0.15, 0.2) is 0 Å². The molecular weight excluding hydrogens is 361 g/mol. The van der Waals surface area contributed by atoms with E-state index in [9.17, 15) is 19.1 Å². The SMILES string of the molecule is CC(O)(CNC(=O)CCCc1nc2ccccc2c(=O)[nH]1)c1ccc(F)cc1. The molecule has 0 aliphatic heterocycles. The number of fused-ring (bicyclic) bond motifs is 1. The second kappa shape index (κ2) is 8.31. The minimum Gasteiger partial charge on any atom is -0.384 e. The van der Waals surface area contributed by atoms with E-state index in [1.807, 2.05) is 6.07 Å². The molecule has 0 aliphatic carbocycles. The van der Waals surface area contributed by atoms with Gasteiger partial charge in [-0.2, -0.15) is 0 Å². The molecule has 3 aromatic rings. The average Bonchev–Trinajstić information content (AvgIpc) is 2.67. The highest BCUT2D eigenvalue weighted by atomic mass is 19.1. The molecule has 1 unspecified atom stereocenters. The van der Waals surface area contributed by atoms with Gasteiger partial charge in [-0.3, -0.25) is 9.59 Å². The number of aromatic nitrogens is 2. The topological polar surface area (TPSA) is 95.1 Å². The summed E-state index contributed by atoms with van der Waals surface area (Å²) < 4.78 is 13.0. The van der Waals surface area contributed by atoms with Gasteiger partial charge in [-0.05, 0) is 43.2 Å². The van der Waals surface area contributed by atoms with E-state index in [1.165, 1.54) is 24.3 Å². The Balaban J connectivity index is 1.51. The molecule has 1 amide bonds. The predicted octanol–water partition coefficient (Wildman–Crippen LogP) is 2.41. The predicted molar refractivity (Wildman–Crippen MR) is 104 cm³/mol. The summed E-state index contributed by atoms with van der Waals surface area (Å²) in [6.07, 6.45) is 1.20. The molecule has 0 fully saturated rings. The number of carbonyl (C=O) groups is 1.